The Labute approximate surface area is 246 Å². The van der Waals surface area contributed by atoms with Gasteiger partial charge in [0, 0.05) is 23.7 Å². The smallest absolute Gasteiger partial charge is 0.335 e. The van der Waals surface area contributed by atoms with Crippen LogP contribution in [0, 0.1) is 24.5 Å². The second kappa shape index (κ2) is 10.5. The van der Waals surface area contributed by atoms with Crippen LogP contribution < -0.4 is 4.74 Å². The van der Waals surface area contributed by atoms with E-state index in [1.165, 1.54) is 18.3 Å². The molecule has 10 heteroatoms. The number of nitrogens with zero attached hydrogens (tertiary/aromatic N) is 4. The van der Waals surface area contributed by atoms with Gasteiger partial charge in [-0.15, -0.1) is 0 Å². The molecule has 3 aromatic carbocycles. The van der Waals surface area contributed by atoms with E-state index >= 15 is 4.39 Å². The van der Waals surface area contributed by atoms with Gasteiger partial charge in [0.15, 0.2) is 0 Å². The van der Waals surface area contributed by atoms with Crippen molar-refractivity contribution in [3.8, 4) is 17.3 Å². The molecule has 5 aromatic rings. The summed E-state index contributed by atoms with van der Waals surface area (Å²) in [5.74, 6) is -0.568. The summed E-state index contributed by atoms with van der Waals surface area (Å²) in [5, 5.41) is 9.56. The van der Waals surface area contributed by atoms with Crippen molar-refractivity contribution in [1.82, 2.24) is 19.5 Å². The van der Waals surface area contributed by atoms with E-state index in [2.05, 4.69) is 9.97 Å². The van der Waals surface area contributed by atoms with Crippen molar-refractivity contribution in [2.24, 2.45) is 5.92 Å². The highest BCUT2D eigenvalue weighted by Crippen LogP contribution is 2.49. The number of imidazole rings is 1. The zero-order chi connectivity index (χ0) is 29.7. The monoisotopic (exact) mass is 582 g/mol. The van der Waals surface area contributed by atoms with E-state index in [0.29, 0.717) is 47.0 Å². The summed E-state index contributed by atoms with van der Waals surface area (Å²) >= 11 is 0. The summed E-state index contributed by atoms with van der Waals surface area (Å²) in [5.41, 5.74) is 3.82. The molecule has 0 amide bonds. The molecular formula is C33H28F2N4O4. The molecule has 3 fully saturated rings. The van der Waals surface area contributed by atoms with Gasteiger partial charge in [0.1, 0.15) is 24.1 Å². The number of benzene rings is 3. The van der Waals surface area contributed by atoms with Gasteiger partial charge in [0.2, 0.25) is 0 Å². The molecule has 1 N–H and O–H groups in total. The normalized spacial score (nSPS) is 19.0. The number of carboxylic acid groups (broad SMARTS) is 1. The lowest BCUT2D eigenvalue weighted by atomic mass is 9.74. The lowest BCUT2D eigenvalue weighted by Crippen LogP contribution is -2.41. The van der Waals surface area contributed by atoms with Gasteiger partial charge >= 0.3 is 12.0 Å². The van der Waals surface area contributed by atoms with Crippen molar-refractivity contribution < 1.29 is 28.2 Å². The Balaban J connectivity index is 1.14. The predicted octanol–water partition coefficient (Wildman–Crippen LogP) is 6.13. The molecule has 1 aliphatic carbocycles. The highest BCUT2D eigenvalue weighted by molar-refractivity contribution is 5.92. The molecule has 8 rings (SSSR count). The zero-order valence-electron chi connectivity index (χ0n) is 23.4. The molecule has 4 heterocycles. The standard InChI is InChI=1S/C33H28F2N4O4/c1-19-2-4-23(25(34)10-19)17-42-32-36-9-8-27(38-32)24-6-3-20(11-26(24)35)12-30-37-28-7-5-22(31(40)41)13-29(28)39(30)18-33-14-21(15-33)16-43-33/h2-11,13,21H,12,14-18H2,1H3,(H,40,41). The van der Waals surface area contributed by atoms with E-state index in [1.54, 1.807) is 49.4 Å². The number of aromatic carboxylic acids is 1. The maximum atomic E-state index is 15.5. The van der Waals surface area contributed by atoms with E-state index in [-0.39, 0.29) is 35.2 Å². The molecule has 0 atom stereocenters. The molecule has 2 aromatic heterocycles. The quantitative estimate of drug-likeness (QED) is 0.223. The van der Waals surface area contributed by atoms with Gasteiger partial charge in [-0.05, 0) is 79.3 Å². The van der Waals surface area contributed by atoms with Crippen molar-refractivity contribution in [2.75, 3.05) is 6.61 Å². The van der Waals surface area contributed by atoms with Crippen molar-refractivity contribution in [2.45, 2.75) is 44.9 Å². The van der Waals surface area contributed by atoms with E-state index in [1.807, 2.05) is 10.6 Å². The second-order valence-electron chi connectivity index (χ2n) is 11.5. The van der Waals surface area contributed by atoms with Crippen LogP contribution in [0.1, 0.15) is 45.7 Å². The molecule has 2 aliphatic heterocycles. The highest BCUT2D eigenvalue weighted by Gasteiger charge is 2.52. The summed E-state index contributed by atoms with van der Waals surface area (Å²) in [7, 11) is 0. The third kappa shape index (κ3) is 5.23. The van der Waals surface area contributed by atoms with Gasteiger partial charge in [0.25, 0.3) is 0 Å². The minimum Gasteiger partial charge on any atom is -0.478 e. The summed E-state index contributed by atoms with van der Waals surface area (Å²) in [4.78, 5) is 24.9. The number of rotatable bonds is 9. The summed E-state index contributed by atoms with van der Waals surface area (Å²) in [6, 6.07) is 16.3. The molecule has 3 aliphatic rings. The highest BCUT2D eigenvalue weighted by atomic mass is 19.1. The number of ether oxygens (including phenoxy) is 2. The summed E-state index contributed by atoms with van der Waals surface area (Å²) in [6.45, 7) is 3.06. The summed E-state index contributed by atoms with van der Waals surface area (Å²) in [6.07, 6.45) is 3.76. The molecular weight excluding hydrogens is 554 g/mol. The van der Waals surface area contributed by atoms with Gasteiger partial charge in [-0.25, -0.2) is 23.5 Å². The van der Waals surface area contributed by atoms with Crippen molar-refractivity contribution >= 4 is 17.0 Å². The van der Waals surface area contributed by atoms with Gasteiger partial charge < -0.3 is 19.1 Å². The maximum absolute atomic E-state index is 15.5. The zero-order valence-corrected chi connectivity index (χ0v) is 23.4. The topological polar surface area (TPSA) is 99.4 Å². The van der Waals surface area contributed by atoms with Crippen LogP contribution in [0.2, 0.25) is 0 Å². The predicted molar refractivity (Wildman–Crippen MR) is 154 cm³/mol. The Morgan fingerprint density at radius 1 is 1.07 bits per heavy atom. The number of carbonyl (C=O) groups is 1. The van der Waals surface area contributed by atoms with E-state index in [0.717, 1.165) is 30.5 Å². The number of aryl methyl sites for hydroxylation is 1. The number of hydrogen-bond donors (Lipinski definition) is 1. The Morgan fingerprint density at radius 2 is 1.93 bits per heavy atom. The van der Waals surface area contributed by atoms with Crippen molar-refractivity contribution in [3.63, 3.8) is 0 Å². The number of halogens is 2. The molecule has 43 heavy (non-hydrogen) atoms. The van der Waals surface area contributed by atoms with Gasteiger partial charge in [-0.2, -0.15) is 4.98 Å². The van der Waals surface area contributed by atoms with Gasteiger partial charge in [-0.3, -0.25) is 0 Å². The van der Waals surface area contributed by atoms with Crippen LogP contribution in [0.25, 0.3) is 22.3 Å². The first-order valence-electron chi connectivity index (χ1n) is 14.1. The first-order chi connectivity index (χ1) is 20.7. The van der Waals surface area contributed by atoms with Crippen LogP contribution >= 0.6 is 0 Å². The Bertz CT molecular complexity index is 1880. The average Bonchev–Trinajstić information content (AvgIpc) is 3.66. The number of carboxylic acids is 1. The minimum atomic E-state index is -1.01. The molecule has 2 saturated heterocycles. The average molecular weight is 583 g/mol. The fourth-order valence-electron chi connectivity index (χ4n) is 6.13. The fourth-order valence-corrected chi connectivity index (χ4v) is 6.13. The molecule has 218 valence electrons. The van der Waals surface area contributed by atoms with E-state index < -0.39 is 11.8 Å². The third-order valence-electron chi connectivity index (χ3n) is 8.34. The fraction of sp³-hybridized carbons (Fsp3) is 0.273. The second-order valence-corrected chi connectivity index (χ2v) is 11.5. The third-order valence-corrected chi connectivity index (χ3v) is 8.34. The maximum Gasteiger partial charge on any atom is 0.335 e. The lowest BCUT2D eigenvalue weighted by Gasteiger charge is -2.36. The first-order valence-corrected chi connectivity index (χ1v) is 14.1. The van der Waals surface area contributed by atoms with Crippen LogP contribution in [0.5, 0.6) is 6.01 Å². The van der Waals surface area contributed by atoms with E-state index in [9.17, 15) is 14.3 Å². The van der Waals surface area contributed by atoms with Crippen LogP contribution in [0.3, 0.4) is 0 Å². The van der Waals surface area contributed by atoms with Crippen molar-refractivity contribution in [3.05, 3.63) is 107 Å². The van der Waals surface area contributed by atoms with Crippen LogP contribution in [-0.2, 0) is 24.3 Å². The van der Waals surface area contributed by atoms with Crippen LogP contribution in [0.15, 0.2) is 66.9 Å². The first kappa shape index (κ1) is 27.2. The molecule has 1 saturated carbocycles. The molecule has 8 nitrogen and oxygen atoms in total. The largest absolute Gasteiger partial charge is 0.478 e. The number of hydrogen-bond acceptors (Lipinski definition) is 6. The van der Waals surface area contributed by atoms with Crippen LogP contribution in [-0.4, -0.2) is 42.8 Å². The molecule has 0 spiro atoms. The number of fused-ring (bicyclic) bond motifs is 2. The Kier molecular flexibility index (Phi) is 6.65. The summed E-state index contributed by atoms with van der Waals surface area (Å²) < 4.78 is 43.4. The molecule has 2 bridgehead atoms. The van der Waals surface area contributed by atoms with Crippen molar-refractivity contribution in [1.29, 1.82) is 0 Å². The van der Waals surface area contributed by atoms with Gasteiger partial charge in [-0.1, -0.05) is 18.2 Å². The number of aromatic nitrogens is 4. The van der Waals surface area contributed by atoms with E-state index in [4.69, 9.17) is 14.5 Å². The van der Waals surface area contributed by atoms with Crippen LogP contribution in [0.4, 0.5) is 8.78 Å². The Hall–Kier alpha value is -4.70. The minimum absolute atomic E-state index is 0.0159. The Morgan fingerprint density at radius 3 is 2.67 bits per heavy atom. The lowest BCUT2D eigenvalue weighted by molar-refractivity contribution is -0.0132. The molecule has 0 radical (unpaired) electrons. The molecule has 0 unspecified atom stereocenters. The SMILES string of the molecule is Cc1ccc(COc2nccc(-c3ccc(Cc4nc5ccc(C(=O)O)cc5n4CC45CC(CO4)C5)cc3F)n2)c(F)c1. The van der Waals surface area contributed by atoms with Gasteiger partial charge in [0.05, 0.1) is 41.0 Å².